The Morgan fingerprint density at radius 2 is 2.14 bits per heavy atom. The highest BCUT2D eigenvalue weighted by Gasteiger charge is 2.45. The topological polar surface area (TPSA) is 89.2 Å². The van der Waals surface area contributed by atoms with Crippen LogP contribution in [0, 0.1) is 5.92 Å². The molecule has 1 atom stereocenters. The maximum absolute atomic E-state index is 11.3. The van der Waals surface area contributed by atoms with E-state index in [0.29, 0.717) is 19.1 Å². The van der Waals surface area contributed by atoms with Crippen LogP contribution in [-0.2, 0) is 10.2 Å². The number of fused-ring (bicyclic) bond motifs is 1. The van der Waals surface area contributed by atoms with Gasteiger partial charge in [0.25, 0.3) is 0 Å². The summed E-state index contributed by atoms with van der Waals surface area (Å²) in [7, 11) is 0. The Balaban J connectivity index is 0.00000240. The van der Waals surface area contributed by atoms with Crippen molar-refractivity contribution >= 4 is 35.8 Å². The third-order valence-corrected chi connectivity index (χ3v) is 6.01. The fourth-order valence-corrected chi connectivity index (χ4v) is 4.28. The van der Waals surface area contributed by atoms with Crippen molar-refractivity contribution in [1.82, 2.24) is 10.2 Å². The van der Waals surface area contributed by atoms with Gasteiger partial charge in [-0.2, -0.15) is 0 Å². The number of carbonyl (C=O) groups excluding carboxylic acids is 1. The van der Waals surface area contributed by atoms with Crippen molar-refractivity contribution in [2.45, 2.75) is 44.4 Å². The number of guanidine groups is 1. The zero-order valence-electron chi connectivity index (χ0n) is 17.0. The lowest BCUT2D eigenvalue weighted by atomic mass is 9.94. The Labute approximate surface area is 189 Å². The second-order valence-corrected chi connectivity index (χ2v) is 8.14. The van der Waals surface area contributed by atoms with Gasteiger partial charge in [0, 0.05) is 31.5 Å². The van der Waals surface area contributed by atoms with E-state index < -0.39 is 0 Å². The Morgan fingerprint density at radius 1 is 1.34 bits per heavy atom. The van der Waals surface area contributed by atoms with Crippen molar-refractivity contribution in [3.8, 4) is 11.5 Å². The van der Waals surface area contributed by atoms with E-state index in [4.69, 9.17) is 20.2 Å². The third kappa shape index (κ3) is 5.07. The molecule has 1 saturated heterocycles. The molecular formula is C21H31IN4O3. The van der Waals surface area contributed by atoms with E-state index in [2.05, 4.69) is 29.3 Å². The number of hydrogen-bond donors (Lipinski definition) is 2. The van der Waals surface area contributed by atoms with E-state index >= 15 is 0 Å². The van der Waals surface area contributed by atoms with Gasteiger partial charge in [0.2, 0.25) is 12.7 Å². The average Bonchev–Trinajstić information content (AvgIpc) is 3.33. The largest absolute Gasteiger partial charge is 0.454 e. The SMILES string of the molecule is CCNC(=NCC1(c2ccc3c(c2)OCO3)CC1)N1CCCC(CC(N)=O)C1.I. The molecular weight excluding hydrogens is 483 g/mol. The molecule has 1 saturated carbocycles. The van der Waals surface area contributed by atoms with E-state index in [9.17, 15) is 4.79 Å². The minimum atomic E-state index is -0.214. The number of hydrogen-bond acceptors (Lipinski definition) is 4. The lowest BCUT2D eigenvalue weighted by Crippen LogP contribution is -2.47. The normalized spacial score (nSPS) is 22.0. The zero-order valence-corrected chi connectivity index (χ0v) is 19.3. The number of nitrogens with one attached hydrogen (secondary N) is 1. The summed E-state index contributed by atoms with van der Waals surface area (Å²) in [5.41, 5.74) is 6.79. The summed E-state index contributed by atoms with van der Waals surface area (Å²) < 4.78 is 11.0. The molecule has 0 radical (unpaired) electrons. The molecule has 160 valence electrons. The van der Waals surface area contributed by atoms with E-state index in [0.717, 1.165) is 69.3 Å². The molecule has 1 aliphatic carbocycles. The summed E-state index contributed by atoms with van der Waals surface area (Å²) in [6, 6.07) is 6.26. The number of benzene rings is 1. The predicted molar refractivity (Wildman–Crippen MR) is 123 cm³/mol. The number of nitrogens with two attached hydrogens (primary N) is 1. The van der Waals surface area contributed by atoms with Crippen LogP contribution < -0.4 is 20.5 Å². The molecule has 3 N–H and O–H groups in total. The van der Waals surface area contributed by atoms with Crippen molar-refractivity contribution in [1.29, 1.82) is 0 Å². The molecule has 0 bridgehead atoms. The van der Waals surface area contributed by atoms with Gasteiger partial charge in [-0.15, -0.1) is 24.0 Å². The van der Waals surface area contributed by atoms with Gasteiger partial charge in [-0.25, -0.2) is 0 Å². The number of carbonyl (C=O) groups is 1. The summed E-state index contributed by atoms with van der Waals surface area (Å²) >= 11 is 0. The lowest BCUT2D eigenvalue weighted by Gasteiger charge is -2.35. The molecule has 29 heavy (non-hydrogen) atoms. The molecule has 0 spiro atoms. The molecule has 1 aromatic rings. The van der Waals surface area contributed by atoms with Crippen LogP contribution in [0.5, 0.6) is 11.5 Å². The number of nitrogens with zero attached hydrogens (tertiary/aromatic N) is 2. The standard InChI is InChI=1S/C21H30N4O3.HI/c1-2-23-20(25-9-3-4-15(12-25)10-19(22)26)24-13-21(7-8-21)16-5-6-17-18(11-16)28-14-27-17;/h5-6,11,15H,2-4,7-10,12-14H2,1H3,(H2,22,26)(H,23,24);1H. The van der Waals surface area contributed by atoms with Crippen molar-refractivity contribution < 1.29 is 14.3 Å². The maximum atomic E-state index is 11.3. The van der Waals surface area contributed by atoms with Crippen molar-refractivity contribution in [2.75, 3.05) is 33.0 Å². The Bertz CT molecular complexity index is 766. The second-order valence-electron chi connectivity index (χ2n) is 8.14. The number of rotatable bonds is 6. The molecule has 0 aromatic heterocycles. The van der Waals surface area contributed by atoms with Gasteiger partial charge in [-0.1, -0.05) is 6.07 Å². The molecule has 8 heteroatoms. The fourth-order valence-electron chi connectivity index (χ4n) is 4.28. The molecule has 2 aliphatic heterocycles. The molecule has 1 unspecified atom stereocenters. The monoisotopic (exact) mass is 514 g/mol. The first kappa shape index (κ1) is 22.0. The molecule has 2 heterocycles. The highest BCUT2D eigenvalue weighted by molar-refractivity contribution is 14.0. The first-order valence-electron chi connectivity index (χ1n) is 10.3. The van der Waals surface area contributed by atoms with Crippen LogP contribution in [-0.4, -0.2) is 49.7 Å². The van der Waals surface area contributed by atoms with Gasteiger partial charge in [0.05, 0.1) is 6.54 Å². The zero-order chi connectivity index (χ0) is 19.6. The number of aliphatic imine (C=N–C) groups is 1. The number of likely N-dealkylation sites (tertiary alicyclic amines) is 1. The minimum absolute atomic E-state index is 0. The highest BCUT2D eigenvalue weighted by atomic mass is 127. The van der Waals surface area contributed by atoms with Crippen molar-refractivity contribution in [2.24, 2.45) is 16.6 Å². The van der Waals surface area contributed by atoms with Crippen LogP contribution in [0.3, 0.4) is 0 Å². The predicted octanol–water partition coefficient (Wildman–Crippen LogP) is 2.62. The number of primary amides is 1. The van der Waals surface area contributed by atoms with Gasteiger partial charge in [0.15, 0.2) is 17.5 Å². The summed E-state index contributed by atoms with van der Waals surface area (Å²) in [5, 5.41) is 3.43. The lowest BCUT2D eigenvalue weighted by molar-refractivity contribution is -0.119. The summed E-state index contributed by atoms with van der Waals surface area (Å²) in [5.74, 6) is 2.71. The van der Waals surface area contributed by atoms with E-state index in [1.807, 2.05) is 6.07 Å². The summed E-state index contributed by atoms with van der Waals surface area (Å²) in [4.78, 5) is 18.6. The van der Waals surface area contributed by atoms with Crippen LogP contribution in [0.25, 0.3) is 0 Å². The molecule has 2 fully saturated rings. The number of ether oxygens (including phenoxy) is 2. The van der Waals surface area contributed by atoms with Crippen LogP contribution >= 0.6 is 24.0 Å². The first-order valence-corrected chi connectivity index (χ1v) is 10.3. The highest BCUT2D eigenvalue weighted by Crippen LogP contribution is 2.50. The van der Waals surface area contributed by atoms with Gasteiger partial charge < -0.3 is 25.4 Å². The summed E-state index contributed by atoms with van der Waals surface area (Å²) in [6.07, 6.45) is 4.85. The van der Waals surface area contributed by atoms with Gasteiger partial charge in [-0.05, 0) is 56.2 Å². The molecule has 1 amide bonds. The van der Waals surface area contributed by atoms with E-state index in [-0.39, 0.29) is 35.3 Å². The first-order chi connectivity index (χ1) is 13.6. The van der Waals surface area contributed by atoms with Gasteiger partial charge in [-0.3, -0.25) is 9.79 Å². The second kappa shape index (κ2) is 9.40. The van der Waals surface area contributed by atoms with Gasteiger partial charge >= 0.3 is 0 Å². The van der Waals surface area contributed by atoms with Crippen LogP contribution in [0.4, 0.5) is 0 Å². The quantitative estimate of drug-likeness (QED) is 0.346. The fraction of sp³-hybridized carbons (Fsp3) is 0.619. The molecule has 7 nitrogen and oxygen atoms in total. The smallest absolute Gasteiger partial charge is 0.231 e. The van der Waals surface area contributed by atoms with E-state index in [1.54, 1.807) is 0 Å². The van der Waals surface area contributed by atoms with Gasteiger partial charge in [0.1, 0.15) is 0 Å². The number of amides is 1. The van der Waals surface area contributed by atoms with Crippen molar-refractivity contribution in [3.05, 3.63) is 23.8 Å². The maximum Gasteiger partial charge on any atom is 0.231 e. The third-order valence-electron chi connectivity index (χ3n) is 6.01. The van der Waals surface area contributed by atoms with E-state index in [1.165, 1.54) is 5.56 Å². The number of halogens is 1. The Kier molecular flexibility index (Phi) is 7.13. The molecule has 3 aliphatic rings. The summed E-state index contributed by atoms with van der Waals surface area (Å²) in [6.45, 7) is 5.78. The molecule has 4 rings (SSSR count). The molecule has 1 aromatic carbocycles. The average molecular weight is 514 g/mol. The van der Waals surface area contributed by atoms with Crippen molar-refractivity contribution in [3.63, 3.8) is 0 Å². The van der Waals surface area contributed by atoms with Crippen LogP contribution in [0.15, 0.2) is 23.2 Å². The van der Waals surface area contributed by atoms with Crippen LogP contribution in [0.2, 0.25) is 0 Å². The van der Waals surface area contributed by atoms with Crippen LogP contribution in [0.1, 0.15) is 44.6 Å². The Hall–Kier alpha value is -1.71. The Morgan fingerprint density at radius 3 is 2.86 bits per heavy atom. The number of piperidine rings is 1. The minimum Gasteiger partial charge on any atom is -0.454 e.